The molecular weight excluding hydrogens is 430 g/mol. The molecule has 0 spiro atoms. The minimum atomic E-state index is -3.74. The summed E-state index contributed by atoms with van der Waals surface area (Å²) in [5.41, 5.74) is 1.38. The molecule has 2 aromatic rings. The molecule has 2 amide bonds. The van der Waals surface area contributed by atoms with Crippen LogP contribution in [0.25, 0.3) is 0 Å². The third kappa shape index (κ3) is 4.63. The van der Waals surface area contributed by atoms with E-state index in [9.17, 15) is 18.0 Å². The number of rotatable bonds is 6. The summed E-state index contributed by atoms with van der Waals surface area (Å²) in [5.74, 6) is -0.0848. The first-order chi connectivity index (χ1) is 15.4. The minimum Gasteiger partial charge on any atom is -0.478 e. The first-order valence-corrected chi connectivity index (χ1v) is 12.3. The Kier molecular flexibility index (Phi) is 6.48. The van der Waals surface area contributed by atoms with Gasteiger partial charge >= 0.3 is 0 Å². The summed E-state index contributed by atoms with van der Waals surface area (Å²) in [6.45, 7) is 2.84. The molecule has 8 nitrogen and oxygen atoms in total. The summed E-state index contributed by atoms with van der Waals surface area (Å²) in [6.07, 6.45) is 0.877. The van der Waals surface area contributed by atoms with E-state index in [0.29, 0.717) is 37.2 Å². The van der Waals surface area contributed by atoms with E-state index in [0.717, 1.165) is 5.56 Å². The second kappa shape index (κ2) is 9.30. The fourth-order valence-corrected chi connectivity index (χ4v) is 5.49. The van der Waals surface area contributed by atoms with Gasteiger partial charge in [0.25, 0.3) is 5.91 Å². The van der Waals surface area contributed by atoms with Crippen molar-refractivity contribution in [1.82, 2.24) is 9.62 Å². The molecule has 170 valence electrons. The van der Waals surface area contributed by atoms with Crippen molar-refractivity contribution < 1.29 is 22.7 Å². The van der Waals surface area contributed by atoms with Crippen molar-refractivity contribution in [2.75, 3.05) is 18.4 Å². The van der Waals surface area contributed by atoms with Gasteiger partial charge in [-0.15, -0.1) is 0 Å². The zero-order valence-corrected chi connectivity index (χ0v) is 18.7. The normalized spacial score (nSPS) is 19.5. The van der Waals surface area contributed by atoms with Crippen LogP contribution >= 0.6 is 0 Å². The van der Waals surface area contributed by atoms with Gasteiger partial charge in [0.2, 0.25) is 15.9 Å². The molecule has 4 rings (SSSR count). The smallest absolute Gasteiger partial charge is 0.265 e. The molecule has 0 aliphatic carbocycles. The molecule has 0 saturated carbocycles. The highest BCUT2D eigenvalue weighted by molar-refractivity contribution is 7.89. The van der Waals surface area contributed by atoms with Crippen LogP contribution in [0.2, 0.25) is 0 Å². The Balaban J connectivity index is 1.37. The molecule has 1 atom stereocenters. The Bertz CT molecular complexity index is 1100. The van der Waals surface area contributed by atoms with E-state index in [1.165, 1.54) is 16.4 Å². The lowest BCUT2D eigenvalue weighted by atomic mass is 9.97. The maximum absolute atomic E-state index is 13.1. The predicted molar refractivity (Wildman–Crippen MR) is 120 cm³/mol. The van der Waals surface area contributed by atoms with Crippen LogP contribution in [0.4, 0.5) is 5.69 Å². The third-order valence-corrected chi connectivity index (χ3v) is 7.81. The maximum Gasteiger partial charge on any atom is 0.265 e. The number of piperidine rings is 1. The van der Waals surface area contributed by atoms with Crippen LogP contribution in [0.1, 0.15) is 31.7 Å². The van der Waals surface area contributed by atoms with Gasteiger partial charge in [-0.3, -0.25) is 9.59 Å². The molecule has 2 N–H and O–H groups in total. The van der Waals surface area contributed by atoms with E-state index in [4.69, 9.17) is 4.74 Å². The summed E-state index contributed by atoms with van der Waals surface area (Å²) in [5, 5.41) is 5.67. The summed E-state index contributed by atoms with van der Waals surface area (Å²) in [7, 11) is -3.74. The molecule has 2 aromatic carbocycles. The lowest BCUT2D eigenvalue weighted by Crippen LogP contribution is -2.43. The Morgan fingerprint density at radius 3 is 2.56 bits per heavy atom. The number of carbonyl (C=O) groups excluding carboxylic acids is 2. The number of amides is 2. The van der Waals surface area contributed by atoms with Crippen molar-refractivity contribution in [1.29, 1.82) is 0 Å². The van der Waals surface area contributed by atoms with Crippen LogP contribution in [0.3, 0.4) is 0 Å². The zero-order valence-electron chi connectivity index (χ0n) is 17.9. The van der Waals surface area contributed by atoms with Gasteiger partial charge in [0.1, 0.15) is 5.75 Å². The molecular formula is C23H27N3O5S. The highest BCUT2D eigenvalue weighted by Gasteiger charge is 2.33. The number of benzene rings is 2. The lowest BCUT2D eigenvalue weighted by Gasteiger charge is -2.31. The number of anilines is 1. The van der Waals surface area contributed by atoms with E-state index in [2.05, 4.69) is 10.6 Å². The van der Waals surface area contributed by atoms with Gasteiger partial charge < -0.3 is 15.4 Å². The number of nitrogens with one attached hydrogen (secondary N) is 2. The largest absolute Gasteiger partial charge is 0.478 e. The Morgan fingerprint density at radius 1 is 1.16 bits per heavy atom. The average molecular weight is 458 g/mol. The van der Waals surface area contributed by atoms with Crippen LogP contribution in [0, 0.1) is 5.92 Å². The van der Waals surface area contributed by atoms with Gasteiger partial charge in [-0.2, -0.15) is 4.31 Å². The standard InChI is InChI=1S/C23H27N3O5S/c1-2-20-23(28)25-19-14-18(8-9-21(19)31-20)32(29,30)26-12-10-17(11-13-26)22(27)24-15-16-6-4-3-5-7-16/h3-9,14,17,20H,2,10-13,15H2,1H3,(H,24,27)(H,25,28)/t20-/m0/s1. The number of ether oxygens (including phenoxy) is 1. The summed E-state index contributed by atoms with van der Waals surface area (Å²) in [4.78, 5) is 24.7. The van der Waals surface area contributed by atoms with Crippen molar-refractivity contribution >= 4 is 27.5 Å². The van der Waals surface area contributed by atoms with Crippen molar-refractivity contribution in [2.45, 2.75) is 43.7 Å². The fraction of sp³-hybridized carbons (Fsp3) is 0.391. The number of hydrogen-bond acceptors (Lipinski definition) is 5. The highest BCUT2D eigenvalue weighted by atomic mass is 32.2. The Hall–Kier alpha value is -2.91. The minimum absolute atomic E-state index is 0.0509. The van der Waals surface area contributed by atoms with Crippen molar-refractivity contribution in [3.63, 3.8) is 0 Å². The second-order valence-corrected chi connectivity index (χ2v) is 9.98. The van der Waals surface area contributed by atoms with E-state index in [-0.39, 0.29) is 35.7 Å². The van der Waals surface area contributed by atoms with Crippen molar-refractivity contribution in [3.8, 4) is 5.75 Å². The topological polar surface area (TPSA) is 105 Å². The first-order valence-electron chi connectivity index (χ1n) is 10.8. The van der Waals surface area contributed by atoms with E-state index < -0.39 is 16.1 Å². The van der Waals surface area contributed by atoms with E-state index in [1.54, 1.807) is 6.07 Å². The lowest BCUT2D eigenvalue weighted by molar-refractivity contribution is -0.126. The number of sulfonamides is 1. The third-order valence-electron chi connectivity index (χ3n) is 5.91. The Labute approximate surface area is 188 Å². The van der Waals surface area contributed by atoms with Gasteiger partial charge in [-0.25, -0.2) is 8.42 Å². The fourth-order valence-electron chi connectivity index (χ4n) is 4.00. The van der Waals surface area contributed by atoms with Gasteiger partial charge in [-0.05, 0) is 43.0 Å². The van der Waals surface area contributed by atoms with Crippen LogP contribution in [-0.4, -0.2) is 43.7 Å². The molecule has 1 fully saturated rings. The van der Waals surface area contributed by atoms with Gasteiger partial charge in [0.05, 0.1) is 10.6 Å². The number of hydrogen-bond donors (Lipinski definition) is 2. The van der Waals surface area contributed by atoms with E-state index >= 15 is 0 Å². The first kappa shape index (κ1) is 22.3. The molecule has 2 aliphatic heterocycles. The number of carbonyl (C=O) groups is 2. The highest BCUT2D eigenvalue weighted by Crippen LogP contribution is 2.34. The number of nitrogens with zero attached hydrogens (tertiary/aromatic N) is 1. The molecule has 0 radical (unpaired) electrons. The van der Waals surface area contributed by atoms with Crippen LogP contribution < -0.4 is 15.4 Å². The predicted octanol–water partition coefficient (Wildman–Crippen LogP) is 2.51. The molecule has 0 unspecified atom stereocenters. The maximum atomic E-state index is 13.1. The molecule has 32 heavy (non-hydrogen) atoms. The molecule has 2 heterocycles. The molecule has 1 saturated heterocycles. The Morgan fingerprint density at radius 2 is 1.88 bits per heavy atom. The zero-order chi connectivity index (χ0) is 22.7. The SMILES string of the molecule is CC[C@@H]1Oc2ccc(S(=O)(=O)N3CCC(C(=O)NCc4ccccc4)CC3)cc2NC1=O. The monoisotopic (exact) mass is 457 g/mol. The van der Waals surface area contributed by atoms with Crippen LogP contribution in [0.5, 0.6) is 5.75 Å². The molecule has 0 aromatic heterocycles. The van der Waals surface area contributed by atoms with Crippen molar-refractivity contribution in [2.24, 2.45) is 5.92 Å². The molecule has 2 aliphatic rings. The second-order valence-electron chi connectivity index (χ2n) is 8.04. The summed E-state index contributed by atoms with van der Waals surface area (Å²) < 4.78 is 33.3. The molecule has 0 bridgehead atoms. The van der Waals surface area contributed by atoms with Gasteiger partial charge in [0.15, 0.2) is 6.10 Å². The quantitative estimate of drug-likeness (QED) is 0.694. The summed E-state index contributed by atoms with van der Waals surface area (Å²) >= 11 is 0. The van der Waals surface area contributed by atoms with Crippen LogP contribution in [0.15, 0.2) is 53.4 Å². The van der Waals surface area contributed by atoms with Crippen molar-refractivity contribution in [3.05, 3.63) is 54.1 Å². The number of fused-ring (bicyclic) bond motifs is 1. The van der Waals surface area contributed by atoms with Gasteiger partial charge in [-0.1, -0.05) is 37.3 Å². The summed E-state index contributed by atoms with van der Waals surface area (Å²) in [6, 6.07) is 14.2. The average Bonchev–Trinajstić information content (AvgIpc) is 2.82. The van der Waals surface area contributed by atoms with Crippen LogP contribution in [-0.2, 0) is 26.2 Å². The molecule has 9 heteroatoms. The van der Waals surface area contributed by atoms with E-state index in [1.807, 2.05) is 37.3 Å². The van der Waals surface area contributed by atoms with Gasteiger partial charge in [0, 0.05) is 25.6 Å².